The van der Waals surface area contributed by atoms with Gasteiger partial charge in [0.2, 0.25) is 5.91 Å². The molecular formula is C16H20Cl2N2O3. The first-order valence-electron chi connectivity index (χ1n) is 7.45. The third-order valence-electron chi connectivity index (χ3n) is 3.88. The van der Waals surface area contributed by atoms with Crippen molar-refractivity contribution in [2.45, 2.75) is 12.8 Å². The predicted octanol–water partition coefficient (Wildman–Crippen LogP) is 2.70. The lowest BCUT2D eigenvalue weighted by Gasteiger charge is -2.32. The molecule has 2 rings (SSSR count). The van der Waals surface area contributed by atoms with Gasteiger partial charge in [-0.1, -0.05) is 23.2 Å². The van der Waals surface area contributed by atoms with E-state index in [2.05, 4.69) is 0 Å². The lowest BCUT2D eigenvalue weighted by molar-refractivity contribution is -0.140. The summed E-state index contributed by atoms with van der Waals surface area (Å²) in [4.78, 5) is 27.4. The molecule has 1 saturated heterocycles. The lowest BCUT2D eigenvalue weighted by atomic mass is 9.95. The molecule has 1 aliphatic heterocycles. The van der Waals surface area contributed by atoms with Gasteiger partial charge in [-0.3, -0.25) is 9.59 Å². The number of rotatable bonds is 4. The summed E-state index contributed by atoms with van der Waals surface area (Å²) < 4.78 is 5.46. The van der Waals surface area contributed by atoms with Gasteiger partial charge in [-0.15, -0.1) is 0 Å². The summed E-state index contributed by atoms with van der Waals surface area (Å²) in [5, 5.41) is 0.891. The number of amides is 2. The summed E-state index contributed by atoms with van der Waals surface area (Å²) in [5.74, 6) is 0.454. The smallest absolute Gasteiger partial charge is 0.260 e. The fraction of sp³-hybridized carbons (Fsp3) is 0.500. The second-order valence-electron chi connectivity index (χ2n) is 5.75. The van der Waals surface area contributed by atoms with Gasteiger partial charge in [0.15, 0.2) is 6.61 Å². The lowest BCUT2D eigenvalue weighted by Crippen LogP contribution is -2.44. The van der Waals surface area contributed by atoms with E-state index in [4.69, 9.17) is 27.9 Å². The highest BCUT2D eigenvalue weighted by Gasteiger charge is 2.28. The summed E-state index contributed by atoms with van der Waals surface area (Å²) in [7, 11) is 3.51. The van der Waals surface area contributed by atoms with E-state index in [0.717, 1.165) is 0 Å². The van der Waals surface area contributed by atoms with Crippen LogP contribution in [0.4, 0.5) is 0 Å². The third kappa shape index (κ3) is 4.75. The van der Waals surface area contributed by atoms with Crippen LogP contribution in [0.2, 0.25) is 10.0 Å². The Hall–Kier alpha value is -1.46. The van der Waals surface area contributed by atoms with E-state index >= 15 is 0 Å². The molecule has 0 spiro atoms. The minimum Gasteiger partial charge on any atom is -0.482 e. The van der Waals surface area contributed by atoms with E-state index in [0.29, 0.717) is 41.7 Å². The average Bonchev–Trinajstić information content (AvgIpc) is 2.53. The van der Waals surface area contributed by atoms with Crippen LogP contribution in [0.15, 0.2) is 18.2 Å². The molecule has 0 aromatic heterocycles. The number of ether oxygens (including phenoxy) is 1. The predicted molar refractivity (Wildman–Crippen MR) is 90.0 cm³/mol. The van der Waals surface area contributed by atoms with Gasteiger partial charge in [-0.2, -0.15) is 0 Å². The van der Waals surface area contributed by atoms with Crippen LogP contribution in [0.25, 0.3) is 0 Å². The van der Waals surface area contributed by atoms with E-state index in [1.54, 1.807) is 42.1 Å². The minimum atomic E-state index is -0.105. The molecule has 0 atom stereocenters. The molecule has 2 amide bonds. The van der Waals surface area contributed by atoms with Gasteiger partial charge in [-0.25, -0.2) is 0 Å². The number of hydrogen-bond acceptors (Lipinski definition) is 3. The topological polar surface area (TPSA) is 49.9 Å². The molecule has 5 nitrogen and oxygen atoms in total. The first-order valence-corrected chi connectivity index (χ1v) is 8.21. The number of likely N-dealkylation sites (tertiary alicyclic amines) is 1. The molecule has 0 saturated carbocycles. The van der Waals surface area contributed by atoms with E-state index in [1.165, 1.54) is 0 Å². The van der Waals surface area contributed by atoms with E-state index in [9.17, 15) is 9.59 Å². The average molecular weight is 359 g/mol. The SMILES string of the molecule is CN(C)C(=O)C1CCN(C(=O)COc2ccc(Cl)cc2Cl)CC1. The van der Waals surface area contributed by atoms with Crippen LogP contribution >= 0.6 is 23.2 Å². The monoisotopic (exact) mass is 358 g/mol. The zero-order valence-electron chi connectivity index (χ0n) is 13.2. The van der Waals surface area contributed by atoms with Crippen LogP contribution in [-0.2, 0) is 9.59 Å². The number of benzene rings is 1. The highest BCUT2D eigenvalue weighted by atomic mass is 35.5. The van der Waals surface area contributed by atoms with Crippen LogP contribution in [0.5, 0.6) is 5.75 Å². The molecule has 1 aromatic carbocycles. The largest absolute Gasteiger partial charge is 0.482 e. The maximum Gasteiger partial charge on any atom is 0.260 e. The second kappa shape index (κ2) is 7.88. The number of hydrogen-bond donors (Lipinski definition) is 0. The van der Waals surface area contributed by atoms with E-state index in [1.807, 2.05) is 0 Å². The zero-order valence-corrected chi connectivity index (χ0v) is 14.7. The van der Waals surface area contributed by atoms with Crippen molar-refractivity contribution in [1.82, 2.24) is 9.80 Å². The summed E-state index contributed by atoms with van der Waals surface area (Å²) in [6.45, 7) is 1.06. The summed E-state index contributed by atoms with van der Waals surface area (Å²) in [6, 6.07) is 4.87. The van der Waals surface area contributed by atoms with Gasteiger partial charge in [-0.05, 0) is 31.0 Å². The second-order valence-corrected chi connectivity index (χ2v) is 6.59. The Balaban J connectivity index is 1.82. The molecule has 1 fully saturated rings. The van der Waals surface area contributed by atoms with Gasteiger partial charge >= 0.3 is 0 Å². The van der Waals surface area contributed by atoms with Crippen molar-refractivity contribution in [1.29, 1.82) is 0 Å². The Morgan fingerprint density at radius 2 is 1.91 bits per heavy atom. The number of carbonyl (C=O) groups excluding carboxylic acids is 2. The summed E-state index contributed by atoms with van der Waals surface area (Å²) in [6.07, 6.45) is 1.37. The maximum absolute atomic E-state index is 12.2. The van der Waals surface area contributed by atoms with Crippen molar-refractivity contribution in [3.8, 4) is 5.75 Å². The maximum atomic E-state index is 12.2. The molecular weight excluding hydrogens is 339 g/mol. The van der Waals surface area contributed by atoms with Crippen LogP contribution in [-0.4, -0.2) is 55.4 Å². The zero-order chi connectivity index (χ0) is 17.0. The van der Waals surface area contributed by atoms with Crippen molar-refractivity contribution in [2.75, 3.05) is 33.8 Å². The van der Waals surface area contributed by atoms with Crippen molar-refractivity contribution in [3.63, 3.8) is 0 Å². The fourth-order valence-electron chi connectivity index (χ4n) is 2.56. The van der Waals surface area contributed by atoms with Gasteiger partial charge < -0.3 is 14.5 Å². The van der Waals surface area contributed by atoms with Crippen molar-refractivity contribution in [2.24, 2.45) is 5.92 Å². The minimum absolute atomic E-state index is 0.000628. The molecule has 23 heavy (non-hydrogen) atoms. The number of halogens is 2. The van der Waals surface area contributed by atoms with Crippen molar-refractivity contribution >= 4 is 35.0 Å². The normalized spacial score (nSPS) is 15.4. The molecule has 126 valence electrons. The Kier molecular flexibility index (Phi) is 6.13. The summed E-state index contributed by atoms with van der Waals surface area (Å²) in [5.41, 5.74) is 0. The quantitative estimate of drug-likeness (QED) is 0.831. The van der Waals surface area contributed by atoms with Gasteiger partial charge in [0.25, 0.3) is 5.91 Å². The van der Waals surface area contributed by atoms with Crippen LogP contribution < -0.4 is 4.74 Å². The Morgan fingerprint density at radius 3 is 2.48 bits per heavy atom. The summed E-state index contributed by atoms with van der Waals surface area (Å²) >= 11 is 11.8. The Morgan fingerprint density at radius 1 is 1.26 bits per heavy atom. The first-order chi connectivity index (χ1) is 10.9. The fourth-order valence-corrected chi connectivity index (χ4v) is 3.03. The Labute approximate surface area is 146 Å². The van der Waals surface area contributed by atoms with Gasteiger partial charge in [0.1, 0.15) is 5.75 Å². The molecule has 1 heterocycles. The van der Waals surface area contributed by atoms with Gasteiger partial charge in [0, 0.05) is 38.1 Å². The molecule has 0 aliphatic carbocycles. The van der Waals surface area contributed by atoms with Gasteiger partial charge in [0.05, 0.1) is 5.02 Å². The molecule has 0 unspecified atom stereocenters. The highest BCUT2D eigenvalue weighted by Crippen LogP contribution is 2.27. The van der Waals surface area contributed by atoms with E-state index < -0.39 is 0 Å². The highest BCUT2D eigenvalue weighted by molar-refractivity contribution is 6.35. The van der Waals surface area contributed by atoms with Crippen molar-refractivity contribution < 1.29 is 14.3 Å². The third-order valence-corrected chi connectivity index (χ3v) is 4.41. The van der Waals surface area contributed by atoms with Crippen LogP contribution in [0.1, 0.15) is 12.8 Å². The molecule has 0 bridgehead atoms. The van der Waals surface area contributed by atoms with Crippen LogP contribution in [0.3, 0.4) is 0 Å². The van der Waals surface area contributed by atoms with E-state index in [-0.39, 0.29) is 24.3 Å². The molecule has 0 N–H and O–H groups in total. The Bertz CT molecular complexity index is 585. The molecule has 1 aliphatic rings. The number of carbonyl (C=O) groups is 2. The standard InChI is InChI=1S/C16H20Cl2N2O3/c1-19(2)16(22)11-5-7-20(8-6-11)15(21)10-23-14-4-3-12(17)9-13(14)18/h3-4,9,11H,5-8,10H2,1-2H3. The molecule has 0 radical (unpaired) electrons. The number of nitrogens with zero attached hydrogens (tertiary/aromatic N) is 2. The van der Waals surface area contributed by atoms with Crippen molar-refractivity contribution in [3.05, 3.63) is 28.2 Å². The first kappa shape index (κ1) is 17.9. The molecule has 7 heteroatoms. The van der Waals surface area contributed by atoms with Crippen LogP contribution in [0, 0.1) is 5.92 Å². The molecule has 1 aromatic rings. The number of piperidine rings is 1.